The highest BCUT2D eigenvalue weighted by Gasteiger charge is 2.06. The van der Waals surface area contributed by atoms with Crippen LogP contribution in [-0.4, -0.2) is 9.97 Å². The molecule has 0 saturated carbocycles. The van der Waals surface area contributed by atoms with Gasteiger partial charge in [0.2, 0.25) is 0 Å². The van der Waals surface area contributed by atoms with Crippen molar-refractivity contribution in [1.29, 1.82) is 0 Å². The molecule has 2 aromatic heterocycles. The van der Waals surface area contributed by atoms with Crippen molar-refractivity contribution in [2.75, 3.05) is 0 Å². The molecule has 0 unspecified atom stereocenters. The molecule has 3 nitrogen and oxygen atoms in total. The van der Waals surface area contributed by atoms with E-state index in [1.807, 2.05) is 24.7 Å². The summed E-state index contributed by atoms with van der Waals surface area (Å²) in [5.74, 6) is 0. The highest BCUT2D eigenvalue weighted by atomic mass is 14.9. The normalized spacial score (nSPS) is 12.4. The highest BCUT2D eigenvalue weighted by molar-refractivity contribution is 5.84. The topological polar surface area (TPSA) is 37.8 Å². The molecule has 100 valence electrons. The number of fused-ring (bicyclic) bond motifs is 1. The molecular formula is C17H17N3. The molecule has 0 aliphatic heterocycles. The van der Waals surface area contributed by atoms with Gasteiger partial charge in [-0.25, -0.2) is 0 Å². The van der Waals surface area contributed by atoms with Gasteiger partial charge in [0.15, 0.2) is 0 Å². The van der Waals surface area contributed by atoms with Crippen LogP contribution in [0.4, 0.5) is 0 Å². The summed E-state index contributed by atoms with van der Waals surface area (Å²) in [6.45, 7) is 2.99. The van der Waals surface area contributed by atoms with Crippen LogP contribution in [0, 0.1) is 0 Å². The Bertz CT molecular complexity index is 689. The van der Waals surface area contributed by atoms with E-state index in [-0.39, 0.29) is 6.04 Å². The van der Waals surface area contributed by atoms with E-state index in [2.05, 4.69) is 52.5 Å². The zero-order valence-electron chi connectivity index (χ0n) is 11.5. The van der Waals surface area contributed by atoms with Gasteiger partial charge in [0, 0.05) is 42.8 Å². The highest BCUT2D eigenvalue weighted by Crippen LogP contribution is 2.18. The molecule has 20 heavy (non-hydrogen) atoms. The van der Waals surface area contributed by atoms with Gasteiger partial charge in [0.25, 0.3) is 0 Å². The molecule has 0 bridgehead atoms. The van der Waals surface area contributed by atoms with Crippen LogP contribution in [0.1, 0.15) is 24.1 Å². The number of rotatable bonds is 4. The summed E-state index contributed by atoms with van der Waals surface area (Å²) < 4.78 is 0. The van der Waals surface area contributed by atoms with Crippen LogP contribution in [0.2, 0.25) is 0 Å². The van der Waals surface area contributed by atoms with Crippen molar-refractivity contribution in [2.45, 2.75) is 19.5 Å². The lowest BCUT2D eigenvalue weighted by Gasteiger charge is -2.14. The fourth-order valence-electron chi connectivity index (χ4n) is 2.36. The van der Waals surface area contributed by atoms with Crippen LogP contribution >= 0.6 is 0 Å². The zero-order valence-corrected chi connectivity index (χ0v) is 11.5. The van der Waals surface area contributed by atoms with Crippen LogP contribution in [0.25, 0.3) is 10.8 Å². The quantitative estimate of drug-likeness (QED) is 0.783. The van der Waals surface area contributed by atoms with Crippen molar-refractivity contribution in [3.05, 3.63) is 72.3 Å². The largest absolute Gasteiger partial charge is 0.306 e. The molecule has 1 N–H and O–H groups in total. The van der Waals surface area contributed by atoms with Gasteiger partial charge in [-0.3, -0.25) is 9.97 Å². The summed E-state index contributed by atoms with van der Waals surface area (Å²) in [6.07, 6.45) is 7.46. The molecular weight excluding hydrogens is 246 g/mol. The minimum absolute atomic E-state index is 0.279. The van der Waals surface area contributed by atoms with Gasteiger partial charge in [-0.1, -0.05) is 24.3 Å². The average molecular weight is 263 g/mol. The second-order valence-electron chi connectivity index (χ2n) is 4.90. The Morgan fingerprint density at radius 2 is 1.90 bits per heavy atom. The van der Waals surface area contributed by atoms with E-state index in [0.29, 0.717) is 0 Å². The third kappa shape index (κ3) is 2.68. The van der Waals surface area contributed by atoms with Gasteiger partial charge >= 0.3 is 0 Å². The Labute approximate surface area is 118 Å². The predicted molar refractivity (Wildman–Crippen MR) is 81.2 cm³/mol. The van der Waals surface area contributed by atoms with Crippen molar-refractivity contribution < 1.29 is 0 Å². The van der Waals surface area contributed by atoms with E-state index in [4.69, 9.17) is 0 Å². The Kier molecular flexibility index (Phi) is 3.70. The van der Waals surface area contributed by atoms with Crippen LogP contribution < -0.4 is 5.32 Å². The molecule has 3 aromatic rings. The molecule has 0 fully saturated rings. The van der Waals surface area contributed by atoms with Crippen molar-refractivity contribution in [3.63, 3.8) is 0 Å². The molecule has 0 aliphatic carbocycles. The minimum Gasteiger partial charge on any atom is -0.306 e. The SMILES string of the molecule is C[C@H](NCc1cccc2cnccc12)c1cccnc1. The van der Waals surface area contributed by atoms with Gasteiger partial charge in [0.1, 0.15) is 0 Å². The molecule has 0 radical (unpaired) electrons. The standard InChI is InChI=1S/C17H17N3/c1-13(14-6-3-8-18-10-14)20-12-16-5-2-4-15-11-19-9-7-17(15)16/h2-11,13,20H,12H2,1H3/t13-/m0/s1. The first-order valence-corrected chi connectivity index (χ1v) is 6.79. The molecule has 2 heterocycles. The van der Waals surface area contributed by atoms with E-state index in [1.165, 1.54) is 21.9 Å². The van der Waals surface area contributed by atoms with Gasteiger partial charge in [-0.15, -0.1) is 0 Å². The van der Waals surface area contributed by atoms with E-state index in [0.717, 1.165) is 6.54 Å². The fourth-order valence-corrected chi connectivity index (χ4v) is 2.36. The van der Waals surface area contributed by atoms with Crippen LogP contribution in [0.3, 0.4) is 0 Å². The maximum Gasteiger partial charge on any atom is 0.0346 e. The van der Waals surface area contributed by atoms with Crippen LogP contribution in [0.5, 0.6) is 0 Å². The van der Waals surface area contributed by atoms with Gasteiger partial charge in [0.05, 0.1) is 0 Å². The lowest BCUT2D eigenvalue weighted by atomic mass is 10.1. The predicted octanol–water partition coefficient (Wildman–Crippen LogP) is 3.48. The second-order valence-corrected chi connectivity index (χ2v) is 4.90. The van der Waals surface area contributed by atoms with E-state index in [1.54, 1.807) is 6.20 Å². The number of nitrogens with zero attached hydrogens (tertiary/aromatic N) is 2. The van der Waals surface area contributed by atoms with Crippen molar-refractivity contribution in [3.8, 4) is 0 Å². The lowest BCUT2D eigenvalue weighted by molar-refractivity contribution is 0.575. The van der Waals surface area contributed by atoms with E-state index in [9.17, 15) is 0 Å². The Balaban J connectivity index is 1.77. The zero-order chi connectivity index (χ0) is 13.8. The Hall–Kier alpha value is -2.26. The first-order valence-electron chi connectivity index (χ1n) is 6.79. The smallest absolute Gasteiger partial charge is 0.0346 e. The minimum atomic E-state index is 0.279. The van der Waals surface area contributed by atoms with E-state index >= 15 is 0 Å². The molecule has 0 amide bonds. The van der Waals surface area contributed by atoms with Gasteiger partial charge in [-0.2, -0.15) is 0 Å². The van der Waals surface area contributed by atoms with Crippen molar-refractivity contribution in [2.24, 2.45) is 0 Å². The monoisotopic (exact) mass is 263 g/mol. The van der Waals surface area contributed by atoms with Crippen molar-refractivity contribution >= 4 is 10.8 Å². The number of benzene rings is 1. The van der Waals surface area contributed by atoms with E-state index < -0.39 is 0 Å². The Morgan fingerprint density at radius 3 is 2.75 bits per heavy atom. The summed E-state index contributed by atoms with van der Waals surface area (Å²) in [5, 5.41) is 5.99. The number of hydrogen-bond donors (Lipinski definition) is 1. The third-order valence-corrected chi connectivity index (χ3v) is 3.55. The molecule has 0 spiro atoms. The number of aromatic nitrogens is 2. The number of pyridine rings is 2. The molecule has 1 atom stereocenters. The summed E-state index contributed by atoms with van der Waals surface area (Å²) in [7, 11) is 0. The second kappa shape index (κ2) is 5.80. The summed E-state index contributed by atoms with van der Waals surface area (Å²) in [4.78, 5) is 8.33. The Morgan fingerprint density at radius 1 is 1.00 bits per heavy atom. The maximum absolute atomic E-state index is 4.17. The lowest BCUT2D eigenvalue weighted by Crippen LogP contribution is -2.18. The average Bonchev–Trinajstić information content (AvgIpc) is 2.53. The first-order chi connectivity index (χ1) is 9.84. The molecule has 3 heteroatoms. The third-order valence-electron chi connectivity index (χ3n) is 3.55. The van der Waals surface area contributed by atoms with Crippen LogP contribution in [-0.2, 0) is 6.54 Å². The van der Waals surface area contributed by atoms with Gasteiger partial charge in [-0.05, 0) is 35.6 Å². The number of nitrogens with one attached hydrogen (secondary N) is 1. The van der Waals surface area contributed by atoms with Crippen molar-refractivity contribution in [1.82, 2.24) is 15.3 Å². The molecule has 0 saturated heterocycles. The fraction of sp³-hybridized carbons (Fsp3) is 0.176. The molecule has 3 rings (SSSR count). The molecule has 0 aliphatic rings. The van der Waals surface area contributed by atoms with Gasteiger partial charge < -0.3 is 5.32 Å². The summed E-state index contributed by atoms with van der Waals surface area (Å²) in [5.41, 5.74) is 2.50. The number of hydrogen-bond acceptors (Lipinski definition) is 3. The summed E-state index contributed by atoms with van der Waals surface area (Å²) >= 11 is 0. The van der Waals surface area contributed by atoms with Crippen LogP contribution in [0.15, 0.2) is 61.2 Å². The maximum atomic E-state index is 4.17. The summed E-state index contributed by atoms with van der Waals surface area (Å²) in [6, 6.07) is 12.7. The first kappa shape index (κ1) is 12.8. The molecule has 1 aromatic carbocycles.